The Hall–Kier alpha value is -1.03. The molecule has 0 aromatic heterocycles. The van der Waals surface area contributed by atoms with Crippen molar-refractivity contribution in [2.75, 3.05) is 12.8 Å². The standard InChI is InChI=1S/C13H19BrN2O/c1-5-13(2,3)16(4)12(17)9-6-10(14)8-11(15)7-9/h6-8H,5,15H2,1-4H3. The maximum absolute atomic E-state index is 12.3. The SMILES string of the molecule is CCC(C)(C)N(C)C(=O)c1cc(N)cc(Br)c1. The first-order valence-corrected chi connectivity index (χ1v) is 6.41. The van der Waals surface area contributed by atoms with Gasteiger partial charge in [0.1, 0.15) is 0 Å². The molecule has 4 heteroatoms. The van der Waals surface area contributed by atoms with Crippen LogP contribution < -0.4 is 5.73 Å². The van der Waals surface area contributed by atoms with Crippen molar-refractivity contribution in [2.45, 2.75) is 32.7 Å². The fourth-order valence-corrected chi connectivity index (χ4v) is 1.95. The molecular formula is C13H19BrN2O. The lowest BCUT2D eigenvalue weighted by Crippen LogP contribution is -2.44. The number of carbonyl (C=O) groups excluding carboxylic acids is 1. The van der Waals surface area contributed by atoms with Crippen molar-refractivity contribution >= 4 is 27.5 Å². The number of benzene rings is 1. The highest BCUT2D eigenvalue weighted by Crippen LogP contribution is 2.22. The number of rotatable bonds is 3. The monoisotopic (exact) mass is 298 g/mol. The van der Waals surface area contributed by atoms with E-state index in [0.29, 0.717) is 11.3 Å². The second-order valence-corrected chi connectivity index (χ2v) is 5.72. The van der Waals surface area contributed by atoms with Gasteiger partial charge in [-0.15, -0.1) is 0 Å². The number of nitrogens with zero attached hydrogens (tertiary/aromatic N) is 1. The summed E-state index contributed by atoms with van der Waals surface area (Å²) in [5.74, 6) is -0.00940. The van der Waals surface area contributed by atoms with E-state index in [1.54, 1.807) is 23.1 Å². The molecule has 3 nitrogen and oxygen atoms in total. The Morgan fingerprint density at radius 1 is 1.41 bits per heavy atom. The van der Waals surface area contributed by atoms with Crippen molar-refractivity contribution in [1.82, 2.24) is 4.90 Å². The zero-order valence-corrected chi connectivity index (χ0v) is 12.3. The van der Waals surface area contributed by atoms with Crippen LogP contribution in [0.1, 0.15) is 37.6 Å². The van der Waals surface area contributed by atoms with Gasteiger partial charge in [-0.2, -0.15) is 0 Å². The third kappa shape index (κ3) is 3.22. The summed E-state index contributed by atoms with van der Waals surface area (Å²) in [6.07, 6.45) is 0.902. The molecule has 0 bridgehead atoms. The van der Waals surface area contributed by atoms with Gasteiger partial charge < -0.3 is 10.6 Å². The van der Waals surface area contributed by atoms with Crippen LogP contribution in [0.3, 0.4) is 0 Å². The highest BCUT2D eigenvalue weighted by atomic mass is 79.9. The molecule has 0 saturated carbocycles. The van der Waals surface area contributed by atoms with Crippen LogP contribution in [-0.2, 0) is 0 Å². The third-order valence-corrected chi connectivity index (χ3v) is 3.70. The van der Waals surface area contributed by atoms with E-state index in [9.17, 15) is 4.79 Å². The summed E-state index contributed by atoms with van der Waals surface area (Å²) in [4.78, 5) is 14.1. The van der Waals surface area contributed by atoms with Crippen LogP contribution in [0.15, 0.2) is 22.7 Å². The zero-order chi connectivity index (χ0) is 13.2. The molecule has 94 valence electrons. The molecule has 0 radical (unpaired) electrons. The van der Waals surface area contributed by atoms with E-state index >= 15 is 0 Å². The normalized spacial score (nSPS) is 11.4. The molecule has 0 atom stereocenters. The Labute approximate surface area is 111 Å². The summed E-state index contributed by atoms with van der Waals surface area (Å²) in [7, 11) is 1.82. The van der Waals surface area contributed by atoms with Crippen molar-refractivity contribution in [2.24, 2.45) is 0 Å². The smallest absolute Gasteiger partial charge is 0.254 e. The minimum absolute atomic E-state index is 0.00940. The van der Waals surface area contributed by atoms with Crippen LogP contribution in [0.25, 0.3) is 0 Å². The lowest BCUT2D eigenvalue weighted by molar-refractivity contribution is 0.0620. The summed E-state index contributed by atoms with van der Waals surface area (Å²) in [6.45, 7) is 6.16. The number of carbonyl (C=O) groups is 1. The largest absolute Gasteiger partial charge is 0.399 e. The molecule has 1 amide bonds. The van der Waals surface area contributed by atoms with Gasteiger partial charge in [-0.05, 0) is 38.5 Å². The summed E-state index contributed by atoms with van der Waals surface area (Å²) in [5, 5.41) is 0. The van der Waals surface area contributed by atoms with Crippen molar-refractivity contribution in [1.29, 1.82) is 0 Å². The quantitative estimate of drug-likeness (QED) is 0.871. The molecule has 1 aromatic carbocycles. The van der Waals surface area contributed by atoms with Crippen LogP contribution in [-0.4, -0.2) is 23.4 Å². The van der Waals surface area contributed by atoms with Crippen molar-refractivity contribution in [3.8, 4) is 0 Å². The molecule has 1 aromatic rings. The molecule has 0 saturated heterocycles. The number of amides is 1. The minimum Gasteiger partial charge on any atom is -0.399 e. The number of nitrogen functional groups attached to an aromatic ring is 1. The van der Waals surface area contributed by atoms with Gasteiger partial charge in [0.2, 0.25) is 0 Å². The first-order valence-electron chi connectivity index (χ1n) is 5.62. The van der Waals surface area contributed by atoms with Gasteiger partial charge in [0.05, 0.1) is 0 Å². The van der Waals surface area contributed by atoms with Gasteiger partial charge in [-0.1, -0.05) is 22.9 Å². The average molecular weight is 299 g/mol. The fraction of sp³-hybridized carbons (Fsp3) is 0.462. The topological polar surface area (TPSA) is 46.3 Å². The lowest BCUT2D eigenvalue weighted by Gasteiger charge is -2.35. The molecule has 1 rings (SSSR count). The second kappa shape index (κ2) is 5.08. The third-order valence-electron chi connectivity index (χ3n) is 3.24. The lowest BCUT2D eigenvalue weighted by atomic mass is 9.99. The fourth-order valence-electron chi connectivity index (χ4n) is 1.44. The predicted molar refractivity (Wildman–Crippen MR) is 75.0 cm³/mol. The van der Waals surface area contributed by atoms with Crippen LogP contribution in [0.5, 0.6) is 0 Å². The van der Waals surface area contributed by atoms with Crippen LogP contribution >= 0.6 is 15.9 Å². The number of anilines is 1. The Bertz CT molecular complexity index is 409. The summed E-state index contributed by atoms with van der Waals surface area (Å²) < 4.78 is 0.823. The van der Waals surface area contributed by atoms with Crippen LogP contribution in [0, 0.1) is 0 Å². The Morgan fingerprint density at radius 2 is 2.00 bits per heavy atom. The number of hydrogen-bond acceptors (Lipinski definition) is 2. The first-order chi connectivity index (χ1) is 7.77. The van der Waals surface area contributed by atoms with Crippen molar-refractivity contribution in [3.63, 3.8) is 0 Å². The first kappa shape index (κ1) is 14.0. The Balaban J connectivity index is 3.04. The molecular weight excluding hydrogens is 280 g/mol. The maximum atomic E-state index is 12.3. The van der Waals surface area contributed by atoms with Gasteiger partial charge in [0.15, 0.2) is 0 Å². The van der Waals surface area contributed by atoms with Gasteiger partial charge in [0.25, 0.3) is 5.91 Å². The summed E-state index contributed by atoms with van der Waals surface area (Å²) in [6, 6.07) is 5.28. The van der Waals surface area contributed by atoms with Gasteiger partial charge in [-0.3, -0.25) is 4.79 Å². The second-order valence-electron chi connectivity index (χ2n) is 4.80. The molecule has 0 aliphatic carbocycles. The molecule has 0 aliphatic rings. The van der Waals surface area contributed by atoms with E-state index in [2.05, 4.69) is 22.9 Å². The van der Waals surface area contributed by atoms with E-state index < -0.39 is 0 Å². The maximum Gasteiger partial charge on any atom is 0.254 e. The molecule has 0 aliphatic heterocycles. The Kier molecular flexibility index (Phi) is 4.20. The van der Waals surface area contributed by atoms with E-state index in [0.717, 1.165) is 10.9 Å². The van der Waals surface area contributed by atoms with Gasteiger partial charge >= 0.3 is 0 Å². The van der Waals surface area contributed by atoms with Crippen LogP contribution in [0.2, 0.25) is 0 Å². The van der Waals surface area contributed by atoms with E-state index in [1.807, 2.05) is 20.9 Å². The minimum atomic E-state index is -0.159. The summed E-state index contributed by atoms with van der Waals surface area (Å²) in [5.41, 5.74) is 6.78. The zero-order valence-electron chi connectivity index (χ0n) is 10.7. The molecule has 0 spiro atoms. The van der Waals surface area contributed by atoms with Gasteiger partial charge in [-0.25, -0.2) is 0 Å². The van der Waals surface area contributed by atoms with Gasteiger partial charge in [0, 0.05) is 28.3 Å². The van der Waals surface area contributed by atoms with Crippen LogP contribution in [0.4, 0.5) is 5.69 Å². The predicted octanol–water partition coefficient (Wildman–Crippen LogP) is 3.29. The number of nitrogens with two attached hydrogens (primary N) is 1. The summed E-state index contributed by atoms with van der Waals surface area (Å²) >= 11 is 3.35. The molecule has 0 heterocycles. The highest BCUT2D eigenvalue weighted by molar-refractivity contribution is 9.10. The van der Waals surface area contributed by atoms with E-state index in [4.69, 9.17) is 5.73 Å². The van der Waals surface area contributed by atoms with Crippen molar-refractivity contribution < 1.29 is 4.79 Å². The van der Waals surface area contributed by atoms with Crippen molar-refractivity contribution in [3.05, 3.63) is 28.2 Å². The number of hydrogen-bond donors (Lipinski definition) is 1. The average Bonchev–Trinajstić information content (AvgIpc) is 2.25. The van der Waals surface area contributed by atoms with E-state index in [1.165, 1.54) is 0 Å². The molecule has 0 fully saturated rings. The number of halogens is 1. The Morgan fingerprint density at radius 3 is 2.47 bits per heavy atom. The molecule has 2 N–H and O–H groups in total. The molecule has 0 unspecified atom stereocenters. The molecule has 17 heavy (non-hydrogen) atoms. The van der Waals surface area contributed by atoms with E-state index in [-0.39, 0.29) is 11.4 Å². The highest BCUT2D eigenvalue weighted by Gasteiger charge is 2.26.